The Bertz CT molecular complexity index is 1760. The second kappa shape index (κ2) is 13.6. The molecule has 0 aliphatic heterocycles. The summed E-state index contributed by atoms with van der Waals surface area (Å²) >= 11 is 0. The Morgan fingerprint density at radius 1 is 1.02 bits per heavy atom. The summed E-state index contributed by atoms with van der Waals surface area (Å²) in [5.74, 6) is 0.122. The van der Waals surface area contributed by atoms with Gasteiger partial charge in [0, 0.05) is 32.6 Å². The van der Waals surface area contributed by atoms with E-state index in [1.807, 2.05) is 77.8 Å². The van der Waals surface area contributed by atoms with Crippen LogP contribution in [-0.4, -0.2) is 45.6 Å². The van der Waals surface area contributed by atoms with Gasteiger partial charge in [-0.05, 0) is 90.5 Å². The number of carbonyl (C=O) groups excluding carboxylic acids is 1. The Balaban J connectivity index is 1.56. The van der Waals surface area contributed by atoms with Crippen molar-refractivity contribution in [1.82, 2.24) is 14.9 Å². The number of fused-ring (bicyclic) bond motifs is 1. The van der Waals surface area contributed by atoms with E-state index < -0.39 is 22.9 Å². The molecule has 1 aromatic carbocycles. The number of alkyl carbamates (subject to hydrolysis) is 1. The van der Waals surface area contributed by atoms with Gasteiger partial charge < -0.3 is 24.4 Å². The number of anilines is 1. The lowest BCUT2D eigenvalue weighted by atomic mass is 9.80. The molecule has 0 unspecified atom stereocenters. The normalized spacial score (nSPS) is 17.1. The molecule has 0 atom stereocenters. The largest absolute Gasteiger partial charge is 0.444 e. The Labute approximate surface area is 270 Å². The number of aromatic nitrogens is 2. The molecule has 0 bridgehead atoms. The molecule has 2 heterocycles. The molecule has 4 rings (SSSR count). The lowest BCUT2D eigenvalue weighted by Gasteiger charge is -2.37. The standard InChI is InChI=1S/C35H43N7O4/c1-34(2,3)45-33(44)38-21-22-9-11-23(12-10-22)29(40-46-35(4,5)6)24-13-16-26(17-14-24)41(7)31-27(20-37)32(43)42(8)28-18-15-25(19-36)39-30(28)31/h9-12,15,18,24,26H,13-14,16-17,21H2,1-8H3,(H,38,44)/b40-29-. The second-order valence-corrected chi connectivity index (χ2v) is 13.7. The highest BCUT2D eigenvalue weighted by atomic mass is 16.6. The van der Waals surface area contributed by atoms with Crippen molar-refractivity contribution in [2.45, 2.75) is 91.0 Å². The number of oxime groups is 1. The van der Waals surface area contributed by atoms with Crippen molar-refractivity contribution in [3.05, 3.63) is 69.1 Å². The second-order valence-electron chi connectivity index (χ2n) is 13.7. The quantitative estimate of drug-likeness (QED) is 0.252. The monoisotopic (exact) mass is 625 g/mol. The zero-order valence-corrected chi connectivity index (χ0v) is 28.0. The van der Waals surface area contributed by atoms with E-state index in [-0.39, 0.29) is 23.2 Å². The van der Waals surface area contributed by atoms with Crippen LogP contribution in [0.1, 0.15) is 89.6 Å². The minimum atomic E-state index is -0.567. The van der Waals surface area contributed by atoms with Gasteiger partial charge in [0.25, 0.3) is 5.56 Å². The van der Waals surface area contributed by atoms with Crippen LogP contribution in [0.15, 0.2) is 46.3 Å². The fourth-order valence-corrected chi connectivity index (χ4v) is 5.65. The Hall–Kier alpha value is -4.90. The summed E-state index contributed by atoms with van der Waals surface area (Å²) < 4.78 is 6.75. The summed E-state index contributed by atoms with van der Waals surface area (Å²) in [5.41, 5.74) is 3.03. The molecule has 3 aromatic rings. The summed E-state index contributed by atoms with van der Waals surface area (Å²) in [5, 5.41) is 26.9. The molecule has 2 aromatic heterocycles. The van der Waals surface area contributed by atoms with Crippen LogP contribution < -0.4 is 15.8 Å². The number of benzene rings is 1. The first-order valence-corrected chi connectivity index (χ1v) is 15.5. The predicted molar refractivity (Wildman–Crippen MR) is 177 cm³/mol. The van der Waals surface area contributed by atoms with E-state index in [0.29, 0.717) is 23.3 Å². The van der Waals surface area contributed by atoms with Crippen LogP contribution in [0.3, 0.4) is 0 Å². The number of aryl methyl sites for hydroxylation is 1. The fraction of sp³-hybridized carbons (Fsp3) is 0.486. The minimum absolute atomic E-state index is 0.0179. The number of pyridine rings is 2. The third-order valence-corrected chi connectivity index (χ3v) is 7.93. The molecule has 1 saturated carbocycles. The van der Waals surface area contributed by atoms with E-state index >= 15 is 0 Å². The van der Waals surface area contributed by atoms with Gasteiger partial charge in [-0.15, -0.1) is 0 Å². The van der Waals surface area contributed by atoms with Crippen molar-refractivity contribution in [1.29, 1.82) is 10.5 Å². The molecule has 0 radical (unpaired) electrons. The van der Waals surface area contributed by atoms with E-state index in [2.05, 4.69) is 27.6 Å². The zero-order valence-electron chi connectivity index (χ0n) is 28.0. The molecular weight excluding hydrogens is 582 g/mol. The van der Waals surface area contributed by atoms with Crippen molar-refractivity contribution < 1.29 is 14.4 Å². The molecular formula is C35H43N7O4. The maximum atomic E-state index is 13.1. The number of nitrogens with one attached hydrogen (secondary N) is 1. The van der Waals surface area contributed by atoms with Crippen LogP contribution in [-0.2, 0) is 23.2 Å². The molecule has 11 heteroatoms. The summed E-state index contributed by atoms with van der Waals surface area (Å²) in [6.07, 6.45) is 2.72. The maximum absolute atomic E-state index is 13.1. The molecule has 0 saturated heterocycles. The fourth-order valence-electron chi connectivity index (χ4n) is 5.65. The molecule has 1 fully saturated rings. The van der Waals surface area contributed by atoms with E-state index in [9.17, 15) is 20.1 Å². The van der Waals surface area contributed by atoms with Gasteiger partial charge in [0.05, 0.1) is 16.9 Å². The number of hydrogen-bond acceptors (Lipinski definition) is 9. The Morgan fingerprint density at radius 2 is 1.67 bits per heavy atom. The van der Waals surface area contributed by atoms with E-state index in [1.165, 1.54) is 4.57 Å². The number of ether oxygens (including phenoxy) is 1. The first-order valence-electron chi connectivity index (χ1n) is 15.5. The highest BCUT2D eigenvalue weighted by Gasteiger charge is 2.31. The van der Waals surface area contributed by atoms with Crippen LogP contribution >= 0.6 is 0 Å². The number of nitrogens with zero attached hydrogens (tertiary/aromatic N) is 6. The molecule has 11 nitrogen and oxygen atoms in total. The van der Waals surface area contributed by atoms with Gasteiger partial charge in [-0.25, -0.2) is 9.78 Å². The van der Waals surface area contributed by atoms with Gasteiger partial charge in [-0.3, -0.25) is 4.79 Å². The van der Waals surface area contributed by atoms with Crippen LogP contribution in [0.2, 0.25) is 0 Å². The van der Waals surface area contributed by atoms with Crippen molar-refractivity contribution in [2.75, 3.05) is 11.9 Å². The molecule has 1 N–H and O–H groups in total. The van der Waals surface area contributed by atoms with Crippen LogP contribution in [0.4, 0.5) is 10.5 Å². The van der Waals surface area contributed by atoms with E-state index in [4.69, 9.17) is 9.57 Å². The van der Waals surface area contributed by atoms with Gasteiger partial charge in [0.15, 0.2) is 0 Å². The highest BCUT2D eigenvalue weighted by Crippen LogP contribution is 2.35. The third-order valence-electron chi connectivity index (χ3n) is 7.93. The van der Waals surface area contributed by atoms with Crippen LogP contribution in [0, 0.1) is 28.6 Å². The third kappa shape index (κ3) is 8.02. The van der Waals surface area contributed by atoms with Gasteiger partial charge >= 0.3 is 6.09 Å². The number of nitriles is 2. The van der Waals surface area contributed by atoms with Gasteiger partial charge in [0.2, 0.25) is 0 Å². The highest BCUT2D eigenvalue weighted by molar-refractivity contribution is 6.02. The van der Waals surface area contributed by atoms with Crippen LogP contribution in [0.5, 0.6) is 0 Å². The molecule has 1 aliphatic rings. The topological polar surface area (TPSA) is 146 Å². The van der Waals surface area contributed by atoms with E-state index in [1.54, 1.807) is 19.2 Å². The summed E-state index contributed by atoms with van der Waals surface area (Å²) in [4.78, 5) is 37.7. The molecule has 1 aliphatic carbocycles. The van der Waals surface area contributed by atoms with Gasteiger partial charge in [0.1, 0.15) is 40.1 Å². The summed E-state index contributed by atoms with van der Waals surface area (Å²) in [6.45, 7) is 11.7. The Kier molecular flexibility index (Phi) is 10.1. The van der Waals surface area contributed by atoms with Gasteiger partial charge in [-0.1, -0.05) is 29.4 Å². The first-order chi connectivity index (χ1) is 21.6. The smallest absolute Gasteiger partial charge is 0.407 e. The molecule has 242 valence electrons. The predicted octanol–water partition coefficient (Wildman–Crippen LogP) is 5.92. The van der Waals surface area contributed by atoms with Crippen molar-refractivity contribution in [3.63, 3.8) is 0 Å². The lowest BCUT2D eigenvalue weighted by molar-refractivity contribution is -0.0000353. The zero-order chi connectivity index (χ0) is 33.8. The SMILES string of the molecule is CN(c1c(C#N)c(=O)n(C)c2ccc(C#N)nc12)C1CCC(/C(=N\OC(C)(C)C)c2ccc(CNC(=O)OC(C)(C)C)cc2)CC1. The number of carbonyl (C=O) groups is 1. The van der Waals surface area contributed by atoms with Crippen molar-refractivity contribution in [2.24, 2.45) is 18.1 Å². The van der Waals surface area contributed by atoms with E-state index in [0.717, 1.165) is 42.5 Å². The molecule has 46 heavy (non-hydrogen) atoms. The summed E-state index contributed by atoms with van der Waals surface area (Å²) in [6, 6.07) is 15.4. The van der Waals surface area contributed by atoms with Crippen molar-refractivity contribution in [3.8, 4) is 12.1 Å². The number of amides is 1. The van der Waals surface area contributed by atoms with Gasteiger partial charge in [-0.2, -0.15) is 10.5 Å². The van der Waals surface area contributed by atoms with Crippen LogP contribution in [0.25, 0.3) is 11.0 Å². The Morgan fingerprint density at radius 3 is 2.24 bits per heavy atom. The molecule has 0 spiro atoms. The number of hydrogen-bond donors (Lipinski definition) is 1. The lowest BCUT2D eigenvalue weighted by Crippen LogP contribution is -2.39. The van der Waals surface area contributed by atoms with Crippen molar-refractivity contribution >= 4 is 28.5 Å². The maximum Gasteiger partial charge on any atom is 0.407 e. The average Bonchev–Trinajstić information content (AvgIpc) is 3.00. The average molecular weight is 626 g/mol. The first kappa shape index (κ1) is 34.0. The molecule has 1 amide bonds. The summed E-state index contributed by atoms with van der Waals surface area (Å²) in [7, 11) is 3.50. The minimum Gasteiger partial charge on any atom is -0.444 e. The number of rotatable bonds is 7.